The van der Waals surface area contributed by atoms with Crippen LogP contribution < -0.4 is 4.90 Å². The molecule has 0 spiro atoms. The van der Waals surface area contributed by atoms with Crippen LogP contribution in [0.3, 0.4) is 0 Å². The summed E-state index contributed by atoms with van der Waals surface area (Å²) in [6, 6.07) is 0.818. The number of aliphatic hydroxyl groups is 1. The lowest BCUT2D eigenvalue weighted by Gasteiger charge is -2.38. The SMILES string of the molecule is OC1CC2CCC(C1)N2c1ncnc2[nH]ncc12. The average molecular weight is 245 g/mol. The van der Waals surface area contributed by atoms with Crippen LogP contribution in [0, 0.1) is 0 Å². The van der Waals surface area contributed by atoms with Gasteiger partial charge in [0.25, 0.3) is 0 Å². The van der Waals surface area contributed by atoms with Gasteiger partial charge in [0.15, 0.2) is 5.65 Å². The molecule has 4 heterocycles. The molecule has 6 heteroatoms. The highest BCUT2D eigenvalue weighted by Gasteiger charge is 2.41. The van der Waals surface area contributed by atoms with E-state index in [0.717, 1.165) is 42.5 Å². The number of piperidine rings is 1. The predicted octanol–water partition coefficient (Wildman–Crippen LogP) is 0.845. The number of nitrogens with one attached hydrogen (secondary N) is 1. The third-order valence-corrected chi connectivity index (χ3v) is 4.18. The Bertz CT molecular complexity index is 569. The second-order valence-electron chi connectivity index (χ2n) is 5.25. The van der Waals surface area contributed by atoms with E-state index in [1.165, 1.54) is 0 Å². The minimum absolute atomic E-state index is 0.152. The van der Waals surface area contributed by atoms with Crippen molar-refractivity contribution in [2.24, 2.45) is 0 Å². The normalized spacial score (nSPS) is 31.2. The zero-order valence-electron chi connectivity index (χ0n) is 9.95. The van der Waals surface area contributed by atoms with E-state index in [0.29, 0.717) is 12.1 Å². The van der Waals surface area contributed by atoms with Crippen LogP contribution in [-0.4, -0.2) is 43.5 Å². The van der Waals surface area contributed by atoms with Gasteiger partial charge in [-0.15, -0.1) is 0 Å². The lowest BCUT2D eigenvalue weighted by molar-refractivity contribution is 0.126. The molecule has 2 bridgehead atoms. The molecule has 2 aliphatic rings. The fourth-order valence-corrected chi connectivity index (χ4v) is 3.45. The fourth-order valence-electron chi connectivity index (χ4n) is 3.45. The molecule has 2 aromatic heterocycles. The Balaban J connectivity index is 1.81. The maximum Gasteiger partial charge on any atom is 0.160 e. The summed E-state index contributed by atoms with van der Waals surface area (Å²) >= 11 is 0. The van der Waals surface area contributed by atoms with Gasteiger partial charge in [-0.25, -0.2) is 9.97 Å². The predicted molar refractivity (Wildman–Crippen MR) is 66.2 cm³/mol. The number of hydrogen-bond acceptors (Lipinski definition) is 5. The largest absolute Gasteiger partial charge is 0.393 e. The molecule has 2 unspecified atom stereocenters. The molecule has 2 fully saturated rings. The van der Waals surface area contributed by atoms with Gasteiger partial charge in [-0.2, -0.15) is 5.10 Å². The van der Waals surface area contributed by atoms with Crippen molar-refractivity contribution in [2.75, 3.05) is 4.90 Å². The first-order valence-corrected chi connectivity index (χ1v) is 6.43. The van der Waals surface area contributed by atoms with Crippen LogP contribution in [0.1, 0.15) is 25.7 Å². The van der Waals surface area contributed by atoms with Gasteiger partial charge in [0.05, 0.1) is 17.7 Å². The van der Waals surface area contributed by atoms with E-state index >= 15 is 0 Å². The molecule has 2 aromatic rings. The van der Waals surface area contributed by atoms with Crippen LogP contribution in [0.15, 0.2) is 12.5 Å². The zero-order valence-corrected chi connectivity index (χ0v) is 9.95. The lowest BCUT2D eigenvalue weighted by atomic mass is 10.00. The highest BCUT2D eigenvalue weighted by atomic mass is 16.3. The molecule has 0 saturated carbocycles. The molecule has 2 N–H and O–H groups in total. The summed E-state index contributed by atoms with van der Waals surface area (Å²) in [6.45, 7) is 0. The van der Waals surface area contributed by atoms with Gasteiger partial charge in [-0.3, -0.25) is 5.10 Å². The van der Waals surface area contributed by atoms with Gasteiger partial charge in [0.1, 0.15) is 12.1 Å². The molecule has 0 amide bonds. The summed E-state index contributed by atoms with van der Waals surface area (Å²) in [5.41, 5.74) is 0.783. The van der Waals surface area contributed by atoms with Crippen LogP contribution in [0.4, 0.5) is 5.82 Å². The Hall–Kier alpha value is -1.69. The van der Waals surface area contributed by atoms with Gasteiger partial charge in [-0.05, 0) is 25.7 Å². The van der Waals surface area contributed by atoms with Crippen molar-refractivity contribution in [3.8, 4) is 0 Å². The fraction of sp³-hybridized carbons (Fsp3) is 0.583. The molecule has 2 atom stereocenters. The van der Waals surface area contributed by atoms with E-state index in [9.17, 15) is 5.11 Å². The highest BCUT2D eigenvalue weighted by molar-refractivity contribution is 5.86. The van der Waals surface area contributed by atoms with E-state index in [1.54, 1.807) is 12.5 Å². The van der Waals surface area contributed by atoms with Crippen molar-refractivity contribution in [3.05, 3.63) is 12.5 Å². The second-order valence-corrected chi connectivity index (χ2v) is 5.25. The molecule has 18 heavy (non-hydrogen) atoms. The van der Waals surface area contributed by atoms with Crippen LogP contribution in [0.25, 0.3) is 11.0 Å². The zero-order chi connectivity index (χ0) is 12.1. The number of H-pyrrole nitrogens is 1. The monoisotopic (exact) mass is 245 g/mol. The lowest BCUT2D eigenvalue weighted by Crippen LogP contribution is -2.45. The number of aromatic amines is 1. The molecule has 4 rings (SSSR count). The van der Waals surface area contributed by atoms with E-state index < -0.39 is 0 Å². The maximum absolute atomic E-state index is 9.85. The Kier molecular flexibility index (Phi) is 2.08. The van der Waals surface area contributed by atoms with Crippen molar-refractivity contribution in [2.45, 2.75) is 43.9 Å². The molecular weight excluding hydrogens is 230 g/mol. The first-order valence-electron chi connectivity index (χ1n) is 6.43. The third kappa shape index (κ3) is 1.35. The summed E-state index contributed by atoms with van der Waals surface area (Å²) in [5.74, 6) is 0.966. The number of rotatable bonds is 1. The molecule has 6 nitrogen and oxygen atoms in total. The number of fused-ring (bicyclic) bond motifs is 3. The number of anilines is 1. The Morgan fingerprint density at radius 1 is 1.22 bits per heavy atom. The van der Waals surface area contributed by atoms with Crippen molar-refractivity contribution < 1.29 is 5.11 Å². The molecule has 0 aromatic carbocycles. The van der Waals surface area contributed by atoms with Crippen molar-refractivity contribution in [1.29, 1.82) is 0 Å². The van der Waals surface area contributed by atoms with Crippen molar-refractivity contribution >= 4 is 16.9 Å². The minimum atomic E-state index is -0.152. The third-order valence-electron chi connectivity index (χ3n) is 4.18. The number of aliphatic hydroxyl groups excluding tert-OH is 1. The van der Waals surface area contributed by atoms with Crippen molar-refractivity contribution in [3.63, 3.8) is 0 Å². The molecule has 0 radical (unpaired) electrons. The van der Waals surface area contributed by atoms with Crippen molar-refractivity contribution in [1.82, 2.24) is 20.2 Å². The Labute approximate surface area is 104 Å². The van der Waals surface area contributed by atoms with E-state index in [4.69, 9.17) is 0 Å². The second kappa shape index (κ2) is 3.65. The highest BCUT2D eigenvalue weighted by Crippen LogP contribution is 2.40. The smallest absolute Gasteiger partial charge is 0.160 e. The number of hydrogen-bond donors (Lipinski definition) is 2. The topological polar surface area (TPSA) is 77.9 Å². The van der Waals surface area contributed by atoms with E-state index in [2.05, 4.69) is 25.1 Å². The quantitative estimate of drug-likeness (QED) is 0.778. The van der Waals surface area contributed by atoms with Gasteiger partial charge in [0.2, 0.25) is 0 Å². The number of nitrogens with zero attached hydrogens (tertiary/aromatic N) is 4. The van der Waals surface area contributed by atoms with Gasteiger partial charge in [0, 0.05) is 12.1 Å². The molecule has 0 aliphatic carbocycles. The first-order chi connectivity index (χ1) is 8.83. The summed E-state index contributed by atoms with van der Waals surface area (Å²) in [7, 11) is 0. The Morgan fingerprint density at radius 3 is 2.78 bits per heavy atom. The van der Waals surface area contributed by atoms with E-state index in [-0.39, 0.29) is 6.10 Å². The van der Waals surface area contributed by atoms with Crippen LogP contribution >= 0.6 is 0 Å². The van der Waals surface area contributed by atoms with Crippen LogP contribution in [0.5, 0.6) is 0 Å². The first kappa shape index (κ1) is 10.3. The van der Waals surface area contributed by atoms with Gasteiger partial charge in [-0.1, -0.05) is 0 Å². The summed E-state index contributed by atoms with van der Waals surface area (Å²) in [4.78, 5) is 11.0. The van der Waals surface area contributed by atoms with Gasteiger partial charge < -0.3 is 10.0 Å². The Morgan fingerprint density at radius 2 is 2.00 bits per heavy atom. The summed E-state index contributed by atoms with van der Waals surface area (Å²) in [5, 5.41) is 17.7. The standard InChI is InChI=1S/C12H15N5O/c18-9-3-7-1-2-8(4-9)17(7)12-10-5-15-16-11(10)13-6-14-12/h5-9,18H,1-4H2,(H,13,14,15,16). The van der Waals surface area contributed by atoms with Crippen LogP contribution in [0.2, 0.25) is 0 Å². The van der Waals surface area contributed by atoms with Gasteiger partial charge >= 0.3 is 0 Å². The summed E-state index contributed by atoms with van der Waals surface area (Å²) in [6.07, 6.45) is 7.20. The molecule has 94 valence electrons. The summed E-state index contributed by atoms with van der Waals surface area (Å²) < 4.78 is 0. The van der Waals surface area contributed by atoms with E-state index in [1.807, 2.05) is 0 Å². The molecular formula is C12H15N5O. The minimum Gasteiger partial charge on any atom is -0.393 e. The molecule has 2 aliphatic heterocycles. The van der Waals surface area contributed by atoms with Crippen LogP contribution in [-0.2, 0) is 0 Å². The average Bonchev–Trinajstić information content (AvgIpc) is 2.92. The number of aromatic nitrogens is 4. The molecule has 2 saturated heterocycles. The maximum atomic E-state index is 9.85.